The van der Waals surface area contributed by atoms with Crippen molar-refractivity contribution in [3.63, 3.8) is 0 Å². The fraction of sp³-hybridized carbons (Fsp3) is 0.462. The average Bonchev–Trinajstić information content (AvgIpc) is 2.83. The molecule has 0 amide bonds. The Kier molecular flexibility index (Phi) is 2.24. The van der Waals surface area contributed by atoms with E-state index in [1.807, 2.05) is 29.2 Å². The molecular formula is C13H15NO3. The Balaban J connectivity index is 1.89. The minimum atomic E-state index is -0.703. The highest BCUT2D eigenvalue weighted by atomic mass is 16.5. The Hall–Kier alpha value is -1.71. The van der Waals surface area contributed by atoms with Crippen LogP contribution in [0.25, 0.3) is 0 Å². The minimum absolute atomic E-state index is 0.333. The first-order valence-corrected chi connectivity index (χ1v) is 5.86. The standard InChI is InChI=1S/C13H15NO3/c1-17-11-4-2-9(3-5-11)14-10-6-8(7-10)12(14)13(15)16/h2-5,8,10,12H,6-7H2,1H3,(H,15,16). The smallest absolute Gasteiger partial charge is 0.326 e. The predicted octanol–water partition coefficient (Wildman–Crippen LogP) is 1.75. The summed E-state index contributed by atoms with van der Waals surface area (Å²) in [5.41, 5.74) is 0.989. The van der Waals surface area contributed by atoms with Crippen LogP contribution >= 0.6 is 0 Å². The third-order valence-electron chi connectivity index (χ3n) is 3.91. The van der Waals surface area contributed by atoms with Gasteiger partial charge in [0, 0.05) is 11.7 Å². The molecule has 2 saturated heterocycles. The third-order valence-corrected chi connectivity index (χ3v) is 3.91. The maximum absolute atomic E-state index is 11.3. The molecule has 4 nitrogen and oxygen atoms in total. The highest BCUT2D eigenvalue weighted by Crippen LogP contribution is 2.48. The van der Waals surface area contributed by atoms with Crippen molar-refractivity contribution >= 4 is 11.7 Å². The highest BCUT2D eigenvalue weighted by Gasteiger charge is 2.53. The number of carbonyl (C=O) groups is 1. The molecule has 4 rings (SSSR count). The predicted molar refractivity (Wildman–Crippen MR) is 63.4 cm³/mol. The molecule has 1 aromatic rings. The van der Waals surface area contributed by atoms with E-state index in [0.29, 0.717) is 12.0 Å². The van der Waals surface area contributed by atoms with Crippen molar-refractivity contribution in [2.75, 3.05) is 12.0 Å². The van der Waals surface area contributed by atoms with Crippen LogP contribution in [0.4, 0.5) is 5.69 Å². The second kappa shape index (κ2) is 3.65. The number of rotatable bonds is 3. The van der Waals surface area contributed by atoms with E-state index < -0.39 is 5.97 Å². The van der Waals surface area contributed by atoms with Gasteiger partial charge in [-0.15, -0.1) is 0 Å². The Morgan fingerprint density at radius 2 is 2.00 bits per heavy atom. The third kappa shape index (κ3) is 1.47. The van der Waals surface area contributed by atoms with Gasteiger partial charge in [-0.25, -0.2) is 4.79 Å². The normalized spacial score (nSPS) is 29.9. The lowest BCUT2D eigenvalue weighted by molar-refractivity contribution is -0.139. The molecule has 4 heteroatoms. The van der Waals surface area contributed by atoms with E-state index in [9.17, 15) is 9.90 Å². The summed E-state index contributed by atoms with van der Waals surface area (Å²) in [6.07, 6.45) is 2.03. The zero-order valence-electron chi connectivity index (χ0n) is 9.67. The molecule has 3 aliphatic rings. The number of carboxylic acids is 1. The number of nitrogens with zero attached hydrogens (tertiary/aromatic N) is 1. The van der Waals surface area contributed by atoms with Crippen LogP contribution in [0, 0.1) is 5.92 Å². The topological polar surface area (TPSA) is 49.8 Å². The zero-order chi connectivity index (χ0) is 12.0. The van der Waals surface area contributed by atoms with Crippen molar-refractivity contribution in [2.45, 2.75) is 24.9 Å². The number of benzene rings is 1. The number of anilines is 1. The number of ether oxygens (including phenoxy) is 1. The SMILES string of the molecule is COc1ccc(N2C3CC(C3)C2C(=O)O)cc1. The van der Waals surface area contributed by atoms with Gasteiger partial charge in [0.25, 0.3) is 0 Å². The van der Waals surface area contributed by atoms with Gasteiger partial charge in [0.2, 0.25) is 0 Å². The van der Waals surface area contributed by atoms with Crippen molar-refractivity contribution in [1.29, 1.82) is 0 Å². The van der Waals surface area contributed by atoms with Crippen LogP contribution in [0.2, 0.25) is 0 Å². The van der Waals surface area contributed by atoms with Crippen LogP contribution in [0.1, 0.15) is 12.8 Å². The maximum Gasteiger partial charge on any atom is 0.326 e. The number of fused-ring (bicyclic) bond motifs is 1. The van der Waals surface area contributed by atoms with Crippen LogP contribution in [-0.2, 0) is 4.79 Å². The summed E-state index contributed by atoms with van der Waals surface area (Å²) in [4.78, 5) is 13.3. The summed E-state index contributed by atoms with van der Waals surface area (Å²) in [6.45, 7) is 0. The van der Waals surface area contributed by atoms with E-state index >= 15 is 0 Å². The molecule has 1 aromatic carbocycles. The van der Waals surface area contributed by atoms with Gasteiger partial charge in [-0.2, -0.15) is 0 Å². The summed E-state index contributed by atoms with van der Waals surface area (Å²) >= 11 is 0. The number of aliphatic carboxylic acids is 1. The summed E-state index contributed by atoms with van der Waals surface area (Å²) in [7, 11) is 1.63. The van der Waals surface area contributed by atoms with Crippen molar-refractivity contribution in [1.82, 2.24) is 0 Å². The van der Waals surface area contributed by atoms with Crippen molar-refractivity contribution in [2.24, 2.45) is 5.92 Å². The van der Waals surface area contributed by atoms with Gasteiger partial charge in [-0.1, -0.05) is 0 Å². The van der Waals surface area contributed by atoms with Crippen molar-refractivity contribution < 1.29 is 14.6 Å². The molecule has 0 radical (unpaired) electrons. The van der Waals surface area contributed by atoms with E-state index in [0.717, 1.165) is 24.3 Å². The van der Waals surface area contributed by atoms with Crippen LogP contribution in [0.5, 0.6) is 5.75 Å². The lowest BCUT2D eigenvalue weighted by atomic mass is 9.83. The number of carboxylic acid groups (broad SMARTS) is 1. The van der Waals surface area contributed by atoms with Gasteiger partial charge >= 0.3 is 5.97 Å². The molecule has 1 N–H and O–H groups in total. The molecule has 1 atom stereocenters. The molecule has 1 aliphatic carbocycles. The Bertz CT molecular complexity index is 436. The summed E-state index contributed by atoms with van der Waals surface area (Å²) in [5.74, 6) is 0.428. The largest absolute Gasteiger partial charge is 0.497 e. The molecule has 0 aromatic heterocycles. The monoisotopic (exact) mass is 233 g/mol. The van der Waals surface area contributed by atoms with Crippen LogP contribution in [0.15, 0.2) is 24.3 Å². The molecule has 2 heterocycles. The Morgan fingerprint density at radius 3 is 2.53 bits per heavy atom. The molecule has 1 unspecified atom stereocenters. The maximum atomic E-state index is 11.3. The first kappa shape index (κ1) is 10.4. The molecule has 90 valence electrons. The van der Waals surface area contributed by atoms with E-state index in [1.165, 1.54) is 0 Å². The number of hydrogen-bond donors (Lipinski definition) is 1. The lowest BCUT2D eigenvalue weighted by Gasteiger charge is -2.27. The lowest BCUT2D eigenvalue weighted by Crippen LogP contribution is -2.36. The summed E-state index contributed by atoms with van der Waals surface area (Å²) < 4.78 is 5.11. The highest BCUT2D eigenvalue weighted by molar-refractivity contribution is 5.81. The molecule has 2 bridgehead atoms. The summed E-state index contributed by atoms with van der Waals surface area (Å²) in [6, 6.07) is 7.71. The average molecular weight is 233 g/mol. The van der Waals surface area contributed by atoms with Gasteiger partial charge in [0.05, 0.1) is 7.11 Å². The molecule has 2 aliphatic heterocycles. The van der Waals surface area contributed by atoms with E-state index in [4.69, 9.17) is 4.74 Å². The molecule has 0 spiro atoms. The van der Waals surface area contributed by atoms with E-state index in [1.54, 1.807) is 7.11 Å². The fourth-order valence-corrected chi connectivity index (χ4v) is 3.02. The Morgan fingerprint density at radius 1 is 1.35 bits per heavy atom. The van der Waals surface area contributed by atoms with Crippen LogP contribution < -0.4 is 9.64 Å². The number of hydrogen-bond acceptors (Lipinski definition) is 3. The quantitative estimate of drug-likeness (QED) is 0.864. The molecule has 3 fully saturated rings. The van der Waals surface area contributed by atoms with Crippen LogP contribution in [0.3, 0.4) is 0 Å². The van der Waals surface area contributed by atoms with E-state index in [-0.39, 0.29) is 6.04 Å². The zero-order valence-corrected chi connectivity index (χ0v) is 9.67. The first-order valence-electron chi connectivity index (χ1n) is 5.86. The Labute approximate surface area is 99.8 Å². The van der Waals surface area contributed by atoms with Gasteiger partial charge in [-0.3, -0.25) is 0 Å². The van der Waals surface area contributed by atoms with E-state index in [2.05, 4.69) is 0 Å². The van der Waals surface area contributed by atoms with Gasteiger partial charge < -0.3 is 14.7 Å². The second-order valence-corrected chi connectivity index (χ2v) is 4.77. The molecule has 1 saturated carbocycles. The van der Waals surface area contributed by atoms with Gasteiger partial charge in [0.15, 0.2) is 0 Å². The summed E-state index contributed by atoms with van der Waals surface area (Å²) in [5, 5.41) is 9.28. The fourth-order valence-electron chi connectivity index (χ4n) is 3.02. The molecule has 17 heavy (non-hydrogen) atoms. The van der Waals surface area contributed by atoms with Gasteiger partial charge in [-0.05, 0) is 43.0 Å². The van der Waals surface area contributed by atoms with Crippen molar-refractivity contribution in [3.05, 3.63) is 24.3 Å². The van der Waals surface area contributed by atoms with Crippen LogP contribution in [-0.4, -0.2) is 30.3 Å². The number of methoxy groups -OCH3 is 1. The van der Waals surface area contributed by atoms with Crippen molar-refractivity contribution in [3.8, 4) is 5.75 Å². The second-order valence-electron chi connectivity index (χ2n) is 4.77. The molecular weight excluding hydrogens is 218 g/mol. The first-order chi connectivity index (χ1) is 8.20. The minimum Gasteiger partial charge on any atom is -0.497 e. The van der Waals surface area contributed by atoms with Gasteiger partial charge in [0.1, 0.15) is 11.8 Å².